The van der Waals surface area contributed by atoms with Gasteiger partial charge >= 0.3 is 11.9 Å². The fraction of sp³-hybridized carbons (Fsp3) is 0.375. The highest BCUT2D eigenvalue weighted by atomic mass is 16.6. The third-order valence-corrected chi connectivity index (χ3v) is 5.77. The number of rotatable bonds is 3. The van der Waals surface area contributed by atoms with E-state index in [0.29, 0.717) is 27.6 Å². The number of hydrogen-bond donors (Lipinski definition) is 0. The number of aromatic nitrogens is 1. The minimum atomic E-state index is -1.02. The first-order valence-corrected chi connectivity index (χ1v) is 10.2. The number of para-hydroxylation sites is 1. The lowest BCUT2D eigenvalue weighted by atomic mass is 9.86. The molecule has 2 aromatic carbocycles. The maximum atomic E-state index is 13.5. The summed E-state index contributed by atoms with van der Waals surface area (Å²) in [5.74, 6) is -0.500. The minimum Gasteiger partial charge on any atom is -0.495 e. The third-order valence-electron chi connectivity index (χ3n) is 5.77. The third kappa shape index (κ3) is 3.26. The fourth-order valence-electron chi connectivity index (χ4n) is 4.45. The Morgan fingerprint density at radius 2 is 1.72 bits per heavy atom. The second-order valence-electron chi connectivity index (χ2n) is 8.39. The molecular weight excluding hydrogens is 414 g/mol. The van der Waals surface area contributed by atoms with Gasteiger partial charge in [0.15, 0.2) is 12.2 Å². The summed E-state index contributed by atoms with van der Waals surface area (Å²) in [6.45, 7) is 6.04. The van der Waals surface area contributed by atoms with Crippen molar-refractivity contribution in [1.82, 2.24) is 4.57 Å². The summed E-state index contributed by atoms with van der Waals surface area (Å²) < 4.78 is 25.0. The largest absolute Gasteiger partial charge is 0.495 e. The summed E-state index contributed by atoms with van der Waals surface area (Å²) in [5.41, 5.74) is 0.480. The zero-order valence-electron chi connectivity index (χ0n) is 18.8. The summed E-state index contributed by atoms with van der Waals surface area (Å²) in [7, 11) is 3.30. The number of fused-ring (bicyclic) bond motifs is 3. The number of nitrogens with zero attached hydrogens (tertiary/aromatic N) is 1. The van der Waals surface area contributed by atoms with E-state index in [4.69, 9.17) is 18.9 Å². The van der Waals surface area contributed by atoms with Crippen molar-refractivity contribution < 1.29 is 28.5 Å². The molecule has 8 nitrogen and oxygen atoms in total. The van der Waals surface area contributed by atoms with Crippen LogP contribution in [0.3, 0.4) is 0 Å². The smallest absolute Gasteiger partial charge is 0.303 e. The van der Waals surface area contributed by atoms with Crippen LogP contribution in [-0.4, -0.2) is 35.3 Å². The van der Waals surface area contributed by atoms with Crippen molar-refractivity contribution in [2.45, 2.75) is 45.5 Å². The molecule has 3 aromatic rings. The molecule has 0 radical (unpaired) electrons. The molecule has 0 spiro atoms. The minimum absolute atomic E-state index is 0.219. The van der Waals surface area contributed by atoms with Gasteiger partial charge in [0.2, 0.25) is 5.43 Å². The van der Waals surface area contributed by atoms with Crippen molar-refractivity contribution in [2.75, 3.05) is 7.11 Å². The highest BCUT2D eigenvalue weighted by Crippen LogP contribution is 2.50. The molecule has 1 aromatic heterocycles. The summed E-state index contributed by atoms with van der Waals surface area (Å²) in [6.07, 6.45) is -1.97. The Bertz CT molecular complexity index is 1320. The number of carbonyl (C=O) groups excluding carboxylic acids is 2. The van der Waals surface area contributed by atoms with Crippen LogP contribution in [0.5, 0.6) is 11.5 Å². The standard InChI is InChI=1S/C24H25NO7/c1-12(26)30-22-19-17(32-24(3,4)23(22)31-13(2)27)11-16-18(21(19)29-6)20(28)14-9-7-8-10-15(14)25(16)5/h7-11,22-23H,1-6H3/t22-,23-/m0/s1. The second-order valence-corrected chi connectivity index (χ2v) is 8.39. The molecule has 0 bridgehead atoms. The first kappa shape index (κ1) is 21.7. The van der Waals surface area contributed by atoms with Crippen LogP contribution in [0, 0.1) is 0 Å². The Morgan fingerprint density at radius 1 is 1.06 bits per heavy atom. The van der Waals surface area contributed by atoms with E-state index in [-0.39, 0.29) is 11.2 Å². The molecule has 168 valence electrons. The summed E-state index contributed by atoms with van der Waals surface area (Å²) in [4.78, 5) is 37.4. The van der Waals surface area contributed by atoms with E-state index in [9.17, 15) is 14.4 Å². The van der Waals surface area contributed by atoms with Gasteiger partial charge < -0.3 is 23.5 Å². The van der Waals surface area contributed by atoms with E-state index >= 15 is 0 Å². The lowest BCUT2D eigenvalue weighted by molar-refractivity contribution is -0.188. The molecule has 1 aliphatic rings. The Kier molecular flexibility index (Phi) is 5.11. The molecule has 0 saturated heterocycles. The van der Waals surface area contributed by atoms with Gasteiger partial charge in [-0.05, 0) is 26.0 Å². The van der Waals surface area contributed by atoms with Gasteiger partial charge in [-0.25, -0.2) is 0 Å². The Balaban J connectivity index is 2.14. The first-order chi connectivity index (χ1) is 15.1. The number of esters is 2. The van der Waals surface area contributed by atoms with Crippen molar-refractivity contribution in [3.8, 4) is 11.5 Å². The molecule has 1 aliphatic heterocycles. The van der Waals surface area contributed by atoms with Crippen LogP contribution in [0.25, 0.3) is 21.8 Å². The van der Waals surface area contributed by atoms with Crippen LogP contribution in [0.4, 0.5) is 0 Å². The zero-order valence-corrected chi connectivity index (χ0v) is 18.8. The van der Waals surface area contributed by atoms with E-state index in [1.807, 2.05) is 23.7 Å². The molecule has 0 aliphatic carbocycles. The predicted molar refractivity (Wildman–Crippen MR) is 118 cm³/mol. The molecule has 0 amide bonds. The van der Waals surface area contributed by atoms with Crippen molar-refractivity contribution >= 4 is 33.7 Å². The molecule has 0 N–H and O–H groups in total. The van der Waals surface area contributed by atoms with Crippen LogP contribution in [0.2, 0.25) is 0 Å². The Hall–Kier alpha value is -3.55. The zero-order chi connectivity index (χ0) is 23.4. The maximum absolute atomic E-state index is 13.5. The molecule has 0 fully saturated rings. The second kappa shape index (κ2) is 7.55. The predicted octanol–water partition coefficient (Wildman–Crippen LogP) is 3.41. The van der Waals surface area contributed by atoms with Gasteiger partial charge in [0, 0.05) is 32.3 Å². The van der Waals surface area contributed by atoms with Crippen molar-refractivity contribution in [3.63, 3.8) is 0 Å². The van der Waals surface area contributed by atoms with Gasteiger partial charge in [0.1, 0.15) is 17.1 Å². The van der Waals surface area contributed by atoms with E-state index < -0.39 is 29.7 Å². The van der Waals surface area contributed by atoms with E-state index in [0.717, 1.165) is 5.52 Å². The van der Waals surface area contributed by atoms with Crippen molar-refractivity contribution in [2.24, 2.45) is 7.05 Å². The van der Waals surface area contributed by atoms with Gasteiger partial charge in [0.05, 0.1) is 29.1 Å². The molecular formula is C24H25NO7. The monoisotopic (exact) mass is 439 g/mol. The van der Waals surface area contributed by atoms with Crippen LogP contribution in [0.1, 0.15) is 39.4 Å². The fourth-order valence-corrected chi connectivity index (χ4v) is 4.45. The van der Waals surface area contributed by atoms with Crippen LogP contribution >= 0.6 is 0 Å². The average Bonchev–Trinajstić information content (AvgIpc) is 2.72. The SMILES string of the molecule is COc1c2c(cc3c1c(=O)c1ccccc1n3C)OC(C)(C)[C@@H](OC(C)=O)[C@H]2OC(C)=O. The van der Waals surface area contributed by atoms with E-state index in [2.05, 4.69) is 0 Å². The quantitative estimate of drug-likeness (QED) is 0.456. The van der Waals surface area contributed by atoms with Crippen LogP contribution < -0.4 is 14.9 Å². The number of hydrogen-bond acceptors (Lipinski definition) is 7. The average molecular weight is 439 g/mol. The van der Waals surface area contributed by atoms with Gasteiger partial charge in [-0.1, -0.05) is 12.1 Å². The lowest BCUT2D eigenvalue weighted by Crippen LogP contribution is -2.52. The van der Waals surface area contributed by atoms with Crippen LogP contribution in [-0.2, 0) is 26.1 Å². The molecule has 2 atom stereocenters. The Morgan fingerprint density at radius 3 is 2.34 bits per heavy atom. The number of benzene rings is 2. The van der Waals surface area contributed by atoms with E-state index in [1.165, 1.54) is 21.0 Å². The Labute approximate surface area is 184 Å². The normalized spacial score (nSPS) is 19.2. The number of ether oxygens (including phenoxy) is 4. The highest BCUT2D eigenvalue weighted by molar-refractivity contribution is 5.98. The van der Waals surface area contributed by atoms with E-state index in [1.54, 1.807) is 32.0 Å². The molecule has 0 unspecified atom stereocenters. The molecule has 8 heteroatoms. The summed E-state index contributed by atoms with van der Waals surface area (Å²) in [5, 5.41) is 0.855. The summed E-state index contributed by atoms with van der Waals surface area (Å²) in [6, 6.07) is 9.02. The number of pyridine rings is 1. The van der Waals surface area contributed by atoms with Crippen molar-refractivity contribution in [1.29, 1.82) is 0 Å². The number of methoxy groups -OCH3 is 1. The highest BCUT2D eigenvalue weighted by Gasteiger charge is 2.50. The van der Waals surface area contributed by atoms with Crippen molar-refractivity contribution in [3.05, 3.63) is 46.1 Å². The maximum Gasteiger partial charge on any atom is 0.303 e. The van der Waals surface area contributed by atoms with Gasteiger partial charge in [-0.2, -0.15) is 0 Å². The first-order valence-electron chi connectivity index (χ1n) is 10.2. The summed E-state index contributed by atoms with van der Waals surface area (Å²) >= 11 is 0. The number of aryl methyl sites for hydroxylation is 1. The topological polar surface area (TPSA) is 93.1 Å². The molecule has 2 heterocycles. The van der Waals surface area contributed by atoms with Gasteiger partial charge in [-0.15, -0.1) is 0 Å². The lowest BCUT2D eigenvalue weighted by Gasteiger charge is -2.43. The molecule has 4 rings (SSSR count). The van der Waals surface area contributed by atoms with Crippen LogP contribution in [0.15, 0.2) is 35.1 Å². The molecule has 32 heavy (non-hydrogen) atoms. The van der Waals surface area contributed by atoms with Gasteiger partial charge in [-0.3, -0.25) is 14.4 Å². The number of carbonyl (C=O) groups is 2. The van der Waals surface area contributed by atoms with Gasteiger partial charge in [0.25, 0.3) is 0 Å². The molecule has 0 saturated carbocycles.